The van der Waals surface area contributed by atoms with E-state index in [4.69, 9.17) is 14.5 Å². The van der Waals surface area contributed by atoms with Gasteiger partial charge in [0, 0.05) is 13.1 Å². The Morgan fingerprint density at radius 1 is 1.12 bits per heavy atom. The molecule has 1 aromatic heterocycles. The summed E-state index contributed by atoms with van der Waals surface area (Å²) in [6.45, 7) is 6.31. The van der Waals surface area contributed by atoms with Crippen molar-refractivity contribution < 1.29 is 24.8 Å². The summed E-state index contributed by atoms with van der Waals surface area (Å²) in [6, 6.07) is 4.04. The van der Waals surface area contributed by atoms with Crippen molar-refractivity contribution in [2.45, 2.75) is 38.4 Å². The molecule has 8 heteroatoms. The largest absolute Gasteiger partial charge is 0.394 e. The molecule has 0 amide bonds. The molecule has 0 aliphatic carbocycles. The number of imidazole rings is 1. The van der Waals surface area contributed by atoms with Gasteiger partial charge in [0.05, 0.1) is 30.9 Å². The first-order valence-corrected chi connectivity index (χ1v) is 8.95. The molecule has 4 rings (SSSR count). The Labute approximate surface area is 151 Å². The Morgan fingerprint density at radius 3 is 2.46 bits per heavy atom. The molecule has 26 heavy (non-hydrogen) atoms. The molecule has 3 N–H and O–H groups in total. The highest BCUT2D eigenvalue weighted by atomic mass is 16.6. The molecule has 2 aliphatic rings. The fourth-order valence-corrected chi connectivity index (χ4v) is 3.67. The van der Waals surface area contributed by atoms with E-state index in [1.807, 2.05) is 30.5 Å². The minimum Gasteiger partial charge on any atom is -0.394 e. The van der Waals surface area contributed by atoms with Crippen molar-refractivity contribution in [2.75, 3.05) is 37.8 Å². The summed E-state index contributed by atoms with van der Waals surface area (Å²) in [5.41, 5.74) is 3.90. The standard InChI is InChI=1S/C18H25N3O5/c1-10-7-12-13(8-11(10)2)21(17-16(24)15(23)14(9-22)26-17)18(19-12)20-3-5-25-6-4-20/h7-8,14-17,22-24H,3-6,9H2,1-2H3/t14-,15-,16-,17-/m1/s1. The van der Waals surface area contributed by atoms with Crippen LogP contribution in [0, 0.1) is 13.8 Å². The zero-order valence-corrected chi connectivity index (χ0v) is 15.0. The maximum absolute atomic E-state index is 10.6. The van der Waals surface area contributed by atoms with Gasteiger partial charge < -0.3 is 29.7 Å². The molecular formula is C18H25N3O5. The van der Waals surface area contributed by atoms with Crippen molar-refractivity contribution in [1.29, 1.82) is 0 Å². The van der Waals surface area contributed by atoms with Crippen molar-refractivity contribution in [1.82, 2.24) is 9.55 Å². The van der Waals surface area contributed by atoms with E-state index in [2.05, 4.69) is 4.90 Å². The van der Waals surface area contributed by atoms with Gasteiger partial charge in [-0.15, -0.1) is 0 Å². The fraction of sp³-hybridized carbons (Fsp3) is 0.611. The van der Waals surface area contributed by atoms with Gasteiger partial charge in [-0.05, 0) is 37.1 Å². The van der Waals surface area contributed by atoms with Gasteiger partial charge in [0.1, 0.15) is 18.3 Å². The Bertz CT molecular complexity index is 802. The van der Waals surface area contributed by atoms with Crippen LogP contribution < -0.4 is 4.90 Å². The number of nitrogens with zero attached hydrogens (tertiary/aromatic N) is 3. The van der Waals surface area contributed by atoms with Crippen LogP contribution in [0.25, 0.3) is 11.0 Å². The Morgan fingerprint density at radius 2 is 1.81 bits per heavy atom. The Kier molecular flexibility index (Phi) is 4.62. The van der Waals surface area contributed by atoms with Gasteiger partial charge in [0.25, 0.3) is 0 Å². The van der Waals surface area contributed by atoms with Crippen LogP contribution in [-0.4, -0.2) is 76.1 Å². The summed E-state index contributed by atoms with van der Waals surface area (Å²) in [4.78, 5) is 6.89. The van der Waals surface area contributed by atoms with Crippen LogP contribution in [0.15, 0.2) is 12.1 Å². The van der Waals surface area contributed by atoms with E-state index >= 15 is 0 Å². The van der Waals surface area contributed by atoms with E-state index in [1.165, 1.54) is 0 Å². The van der Waals surface area contributed by atoms with Crippen molar-refractivity contribution in [3.8, 4) is 0 Å². The molecular weight excluding hydrogens is 338 g/mol. The van der Waals surface area contributed by atoms with Gasteiger partial charge in [0.2, 0.25) is 5.95 Å². The second-order valence-corrected chi connectivity index (χ2v) is 7.04. The van der Waals surface area contributed by atoms with Gasteiger partial charge in [-0.2, -0.15) is 0 Å². The summed E-state index contributed by atoms with van der Waals surface area (Å²) >= 11 is 0. The van der Waals surface area contributed by atoms with Crippen molar-refractivity contribution in [2.24, 2.45) is 0 Å². The molecule has 1 aromatic carbocycles. The van der Waals surface area contributed by atoms with Gasteiger partial charge in [-0.25, -0.2) is 4.98 Å². The molecule has 0 unspecified atom stereocenters. The summed E-state index contributed by atoms with van der Waals surface area (Å²) in [5.74, 6) is 0.683. The predicted octanol–water partition coefficient (Wildman–Crippen LogP) is 0.101. The first-order chi connectivity index (χ1) is 12.5. The Hall–Kier alpha value is -1.71. The SMILES string of the molecule is Cc1cc2nc(N3CCOCC3)n([C@@H]3O[C@H](CO)[C@@H](O)[C@H]3O)c2cc1C. The summed E-state index contributed by atoms with van der Waals surface area (Å²) in [7, 11) is 0. The van der Waals surface area contributed by atoms with Gasteiger partial charge in [-0.3, -0.25) is 4.57 Å². The second-order valence-electron chi connectivity index (χ2n) is 7.04. The highest BCUT2D eigenvalue weighted by molar-refractivity contribution is 5.81. The molecule has 2 fully saturated rings. The molecule has 0 saturated carbocycles. The lowest BCUT2D eigenvalue weighted by molar-refractivity contribution is -0.0504. The number of anilines is 1. The number of ether oxygens (including phenoxy) is 2. The minimum atomic E-state index is -1.15. The quantitative estimate of drug-likeness (QED) is 0.711. The molecule has 2 aliphatic heterocycles. The fourth-order valence-electron chi connectivity index (χ4n) is 3.67. The summed E-state index contributed by atoms with van der Waals surface area (Å²) in [6.07, 6.45) is -3.93. The first kappa shape index (κ1) is 17.7. The molecule has 2 saturated heterocycles. The lowest BCUT2D eigenvalue weighted by Crippen LogP contribution is -2.39. The number of aromatic nitrogens is 2. The normalized spacial score (nSPS) is 29.7. The highest BCUT2D eigenvalue weighted by Gasteiger charge is 2.45. The van der Waals surface area contributed by atoms with Crippen LogP contribution >= 0.6 is 0 Å². The van der Waals surface area contributed by atoms with E-state index in [9.17, 15) is 15.3 Å². The van der Waals surface area contributed by atoms with Crippen molar-refractivity contribution in [3.63, 3.8) is 0 Å². The maximum Gasteiger partial charge on any atom is 0.208 e. The third kappa shape index (κ3) is 2.78. The molecule has 142 valence electrons. The average Bonchev–Trinajstić information content (AvgIpc) is 3.14. The third-order valence-corrected chi connectivity index (χ3v) is 5.35. The van der Waals surface area contributed by atoms with Crippen LogP contribution in [-0.2, 0) is 9.47 Å². The molecule has 2 aromatic rings. The summed E-state index contributed by atoms with van der Waals surface area (Å²) < 4.78 is 13.1. The number of hydrogen-bond donors (Lipinski definition) is 3. The van der Waals surface area contributed by atoms with Gasteiger partial charge in [-0.1, -0.05) is 0 Å². The van der Waals surface area contributed by atoms with Gasteiger partial charge >= 0.3 is 0 Å². The van der Waals surface area contributed by atoms with E-state index in [0.29, 0.717) is 32.3 Å². The average molecular weight is 363 g/mol. The zero-order chi connectivity index (χ0) is 18.4. The number of aliphatic hydroxyl groups is 3. The topological polar surface area (TPSA) is 100 Å². The lowest BCUT2D eigenvalue weighted by atomic mass is 10.1. The van der Waals surface area contributed by atoms with E-state index in [0.717, 1.165) is 22.2 Å². The molecule has 0 radical (unpaired) electrons. The van der Waals surface area contributed by atoms with Crippen LogP contribution in [0.5, 0.6) is 0 Å². The Balaban J connectivity index is 1.86. The number of hydrogen-bond acceptors (Lipinski definition) is 7. The smallest absolute Gasteiger partial charge is 0.208 e. The second kappa shape index (κ2) is 6.79. The predicted molar refractivity (Wildman–Crippen MR) is 95.2 cm³/mol. The van der Waals surface area contributed by atoms with Crippen LogP contribution in [0.3, 0.4) is 0 Å². The van der Waals surface area contributed by atoms with Crippen LogP contribution in [0.4, 0.5) is 5.95 Å². The van der Waals surface area contributed by atoms with Crippen LogP contribution in [0.2, 0.25) is 0 Å². The number of benzene rings is 1. The summed E-state index contributed by atoms with van der Waals surface area (Å²) in [5, 5.41) is 30.2. The molecule has 0 spiro atoms. The van der Waals surface area contributed by atoms with Crippen LogP contribution in [0.1, 0.15) is 17.4 Å². The van der Waals surface area contributed by atoms with Crippen molar-refractivity contribution >= 4 is 17.0 Å². The number of morpholine rings is 1. The van der Waals surface area contributed by atoms with E-state index in [1.54, 1.807) is 0 Å². The third-order valence-electron chi connectivity index (χ3n) is 5.35. The van der Waals surface area contributed by atoms with Crippen molar-refractivity contribution in [3.05, 3.63) is 23.3 Å². The molecule has 3 heterocycles. The van der Waals surface area contributed by atoms with E-state index in [-0.39, 0.29) is 6.61 Å². The number of aryl methyl sites for hydroxylation is 2. The van der Waals surface area contributed by atoms with Gasteiger partial charge in [0.15, 0.2) is 6.23 Å². The number of aliphatic hydroxyl groups excluding tert-OH is 3. The highest BCUT2D eigenvalue weighted by Crippen LogP contribution is 2.37. The lowest BCUT2D eigenvalue weighted by Gasteiger charge is -2.30. The molecule has 8 nitrogen and oxygen atoms in total. The molecule has 0 bridgehead atoms. The minimum absolute atomic E-state index is 0.355. The monoisotopic (exact) mass is 363 g/mol. The number of fused-ring (bicyclic) bond motifs is 1. The number of rotatable bonds is 3. The first-order valence-electron chi connectivity index (χ1n) is 8.95. The van der Waals surface area contributed by atoms with E-state index < -0.39 is 24.5 Å². The zero-order valence-electron chi connectivity index (χ0n) is 15.0. The molecule has 4 atom stereocenters. The maximum atomic E-state index is 10.6.